The lowest BCUT2D eigenvalue weighted by Gasteiger charge is -2.08. The van der Waals surface area contributed by atoms with Crippen LogP contribution >= 0.6 is 31.9 Å². The first-order valence-electron chi connectivity index (χ1n) is 2.13. The number of methoxy groups -OCH3 is 1. The molecule has 4 heteroatoms. The van der Waals surface area contributed by atoms with Crippen LogP contribution in [0.25, 0.3) is 0 Å². The molecule has 0 rings (SSSR count). The van der Waals surface area contributed by atoms with Gasteiger partial charge in [0.1, 0.15) is 5.01 Å². The zero-order valence-corrected chi connectivity index (χ0v) is 7.65. The minimum Gasteiger partial charge on any atom is -0.383 e. The maximum atomic E-state index is 8.74. The van der Waals surface area contributed by atoms with Crippen LogP contribution in [0, 0.1) is 0 Å². The molecule has 2 unspecified atom stereocenters. The average molecular weight is 248 g/mol. The first kappa shape index (κ1) is 8.88. The predicted molar refractivity (Wildman–Crippen MR) is 39.5 cm³/mol. The maximum absolute atomic E-state index is 8.74. The average Bonchev–Trinajstić information content (AvgIpc) is 1.67. The van der Waals surface area contributed by atoms with E-state index in [0.29, 0.717) is 6.61 Å². The van der Waals surface area contributed by atoms with Gasteiger partial charge in [0, 0.05) is 7.11 Å². The van der Waals surface area contributed by atoms with E-state index in [2.05, 4.69) is 31.9 Å². The Hall–Kier alpha value is 0.880. The van der Waals surface area contributed by atoms with Gasteiger partial charge in [0.2, 0.25) is 0 Å². The van der Waals surface area contributed by atoms with E-state index in [0.717, 1.165) is 0 Å². The Balaban J connectivity index is 3.17. The molecule has 0 aromatic heterocycles. The third-order valence-corrected chi connectivity index (χ3v) is 2.74. The topological polar surface area (TPSA) is 29.5 Å². The van der Waals surface area contributed by atoms with Gasteiger partial charge in [0.25, 0.3) is 0 Å². The molecular weight excluding hydrogens is 240 g/mol. The molecule has 0 heterocycles. The van der Waals surface area contributed by atoms with Crippen molar-refractivity contribution in [3.05, 3.63) is 0 Å². The molecule has 1 N–H and O–H groups in total. The molecule has 0 radical (unpaired) electrons. The number of aliphatic hydroxyl groups is 1. The molecule has 0 aliphatic heterocycles. The molecule has 0 aromatic rings. The molecule has 8 heavy (non-hydrogen) atoms. The minimum atomic E-state index is -0.526. The van der Waals surface area contributed by atoms with Gasteiger partial charge < -0.3 is 9.84 Å². The summed E-state index contributed by atoms with van der Waals surface area (Å²) < 4.78 is 4.73. The summed E-state index contributed by atoms with van der Waals surface area (Å²) in [6.45, 7) is 0.506. The summed E-state index contributed by atoms with van der Waals surface area (Å²) in [5, 5.41) is 8.22. The smallest absolute Gasteiger partial charge is 0.123 e. The van der Waals surface area contributed by atoms with Crippen molar-refractivity contribution in [1.82, 2.24) is 0 Å². The summed E-state index contributed by atoms with van der Waals surface area (Å²) in [5.41, 5.74) is 0. The van der Waals surface area contributed by atoms with E-state index >= 15 is 0 Å². The molecule has 0 saturated carbocycles. The third kappa shape index (κ3) is 3.83. The van der Waals surface area contributed by atoms with E-state index in [-0.39, 0.29) is 4.83 Å². The highest BCUT2D eigenvalue weighted by atomic mass is 79.9. The van der Waals surface area contributed by atoms with Crippen molar-refractivity contribution in [3.8, 4) is 0 Å². The summed E-state index contributed by atoms with van der Waals surface area (Å²) in [4.78, 5) is -0.0208. The van der Waals surface area contributed by atoms with Gasteiger partial charge in [-0.05, 0) is 0 Å². The normalized spacial score (nSPS) is 18.0. The third-order valence-electron chi connectivity index (χ3n) is 0.624. The summed E-state index contributed by atoms with van der Waals surface area (Å²) in [6, 6.07) is 0. The van der Waals surface area contributed by atoms with Crippen molar-refractivity contribution in [2.75, 3.05) is 13.7 Å². The largest absolute Gasteiger partial charge is 0.383 e. The lowest BCUT2D eigenvalue weighted by atomic mass is 10.5. The van der Waals surface area contributed by atoms with E-state index < -0.39 is 5.01 Å². The minimum absolute atomic E-state index is 0.0208. The summed E-state index contributed by atoms with van der Waals surface area (Å²) in [6.07, 6.45) is 0. The van der Waals surface area contributed by atoms with Gasteiger partial charge in [-0.15, -0.1) is 0 Å². The molecule has 0 amide bonds. The first-order valence-corrected chi connectivity index (χ1v) is 3.96. The van der Waals surface area contributed by atoms with E-state index in [1.807, 2.05) is 0 Å². The molecule has 0 aliphatic carbocycles. The van der Waals surface area contributed by atoms with Crippen molar-refractivity contribution in [1.29, 1.82) is 0 Å². The SMILES string of the molecule is COCC(Br)C(O)Br. The Bertz CT molecular complexity index is 58.0. The highest BCUT2D eigenvalue weighted by molar-refractivity contribution is 9.12. The number of halogens is 2. The molecule has 0 saturated heterocycles. The van der Waals surface area contributed by atoms with Gasteiger partial charge in [-0.1, -0.05) is 31.9 Å². The number of ether oxygens (including phenoxy) is 1. The maximum Gasteiger partial charge on any atom is 0.123 e. The molecular formula is C4H8Br2O2. The van der Waals surface area contributed by atoms with Crippen LogP contribution in [0.2, 0.25) is 0 Å². The zero-order chi connectivity index (χ0) is 6.57. The van der Waals surface area contributed by atoms with Crippen molar-refractivity contribution in [2.24, 2.45) is 0 Å². The highest BCUT2D eigenvalue weighted by Crippen LogP contribution is 2.10. The second-order valence-corrected chi connectivity index (χ2v) is 3.46. The number of rotatable bonds is 3. The van der Waals surface area contributed by atoms with Crippen LogP contribution < -0.4 is 0 Å². The zero-order valence-electron chi connectivity index (χ0n) is 4.47. The second kappa shape index (κ2) is 4.73. The van der Waals surface area contributed by atoms with E-state index in [9.17, 15) is 0 Å². The summed E-state index contributed by atoms with van der Waals surface area (Å²) in [5.74, 6) is 0. The Morgan fingerprint density at radius 2 is 2.12 bits per heavy atom. The molecule has 0 aromatic carbocycles. The van der Waals surface area contributed by atoms with Crippen LogP contribution in [0.3, 0.4) is 0 Å². The van der Waals surface area contributed by atoms with Gasteiger partial charge in [-0.2, -0.15) is 0 Å². The lowest BCUT2D eigenvalue weighted by Crippen LogP contribution is -2.18. The van der Waals surface area contributed by atoms with Gasteiger partial charge >= 0.3 is 0 Å². The van der Waals surface area contributed by atoms with Crippen LogP contribution in [0.4, 0.5) is 0 Å². The van der Waals surface area contributed by atoms with Gasteiger partial charge in [-0.3, -0.25) is 0 Å². The Labute approximate surface area is 65.5 Å². The molecule has 2 atom stereocenters. The van der Waals surface area contributed by atoms with E-state index in [1.54, 1.807) is 7.11 Å². The Morgan fingerprint density at radius 1 is 1.62 bits per heavy atom. The van der Waals surface area contributed by atoms with E-state index in [1.165, 1.54) is 0 Å². The number of hydrogen-bond acceptors (Lipinski definition) is 2. The van der Waals surface area contributed by atoms with Crippen molar-refractivity contribution in [2.45, 2.75) is 9.84 Å². The molecule has 0 aliphatic rings. The van der Waals surface area contributed by atoms with Crippen molar-refractivity contribution >= 4 is 31.9 Å². The van der Waals surface area contributed by atoms with E-state index in [4.69, 9.17) is 9.84 Å². The van der Waals surface area contributed by atoms with Gasteiger partial charge in [0.05, 0.1) is 11.4 Å². The number of alkyl halides is 2. The number of aliphatic hydroxyl groups excluding tert-OH is 1. The molecule has 50 valence electrons. The van der Waals surface area contributed by atoms with Crippen LogP contribution in [0.1, 0.15) is 0 Å². The summed E-state index contributed by atoms with van der Waals surface area (Å²) in [7, 11) is 1.59. The first-order chi connectivity index (χ1) is 3.68. The predicted octanol–water partition coefficient (Wildman–Crippen LogP) is 1.11. The molecule has 2 nitrogen and oxygen atoms in total. The van der Waals surface area contributed by atoms with Crippen LogP contribution in [-0.2, 0) is 4.74 Å². The van der Waals surface area contributed by atoms with Gasteiger partial charge in [-0.25, -0.2) is 0 Å². The second-order valence-electron chi connectivity index (χ2n) is 1.34. The van der Waals surface area contributed by atoms with Crippen molar-refractivity contribution in [3.63, 3.8) is 0 Å². The fourth-order valence-corrected chi connectivity index (χ4v) is 0.656. The molecule has 0 bridgehead atoms. The van der Waals surface area contributed by atoms with Crippen molar-refractivity contribution < 1.29 is 9.84 Å². The monoisotopic (exact) mass is 246 g/mol. The molecule has 0 fully saturated rings. The fourth-order valence-electron chi connectivity index (χ4n) is 0.239. The summed E-state index contributed by atoms with van der Waals surface area (Å²) >= 11 is 6.15. The number of hydrogen-bond donors (Lipinski definition) is 1. The van der Waals surface area contributed by atoms with Crippen LogP contribution in [-0.4, -0.2) is 28.7 Å². The Morgan fingerprint density at radius 3 is 2.25 bits per heavy atom. The quantitative estimate of drug-likeness (QED) is 0.758. The van der Waals surface area contributed by atoms with Crippen LogP contribution in [0.5, 0.6) is 0 Å². The standard InChI is InChI=1S/C4H8Br2O2/c1-8-2-3(5)4(6)7/h3-4,7H,2H2,1H3. The highest BCUT2D eigenvalue weighted by Gasteiger charge is 2.10. The van der Waals surface area contributed by atoms with Crippen LogP contribution in [0.15, 0.2) is 0 Å². The fraction of sp³-hybridized carbons (Fsp3) is 1.00. The molecule has 0 spiro atoms. The van der Waals surface area contributed by atoms with Gasteiger partial charge in [0.15, 0.2) is 0 Å². The lowest BCUT2D eigenvalue weighted by molar-refractivity contribution is 0.164. The Kier molecular flexibility index (Phi) is 5.25.